The standard InChI is InChI=1S/C14H26N4O/c1-11-12(10-17-18(11)9-5-7-15)13(19)16-8-6-14(2,3)4/h10H,5-9,15H2,1-4H3,(H,16,19). The first-order valence-corrected chi connectivity index (χ1v) is 6.86. The summed E-state index contributed by atoms with van der Waals surface area (Å²) in [6.45, 7) is 10.5. The van der Waals surface area contributed by atoms with Gasteiger partial charge in [-0.25, -0.2) is 0 Å². The predicted molar refractivity (Wildman–Crippen MR) is 77.0 cm³/mol. The fraction of sp³-hybridized carbons (Fsp3) is 0.714. The van der Waals surface area contributed by atoms with E-state index in [1.54, 1.807) is 6.20 Å². The molecule has 1 heterocycles. The molecule has 1 aromatic rings. The number of amides is 1. The number of carbonyl (C=O) groups is 1. The van der Waals surface area contributed by atoms with Crippen LogP contribution >= 0.6 is 0 Å². The first-order chi connectivity index (χ1) is 8.85. The van der Waals surface area contributed by atoms with Gasteiger partial charge in [-0.3, -0.25) is 9.48 Å². The van der Waals surface area contributed by atoms with Gasteiger partial charge in [-0.1, -0.05) is 20.8 Å². The summed E-state index contributed by atoms with van der Waals surface area (Å²) < 4.78 is 1.84. The van der Waals surface area contributed by atoms with Crippen molar-refractivity contribution in [1.82, 2.24) is 15.1 Å². The van der Waals surface area contributed by atoms with E-state index in [-0.39, 0.29) is 11.3 Å². The van der Waals surface area contributed by atoms with E-state index in [0.717, 1.165) is 25.1 Å². The first-order valence-electron chi connectivity index (χ1n) is 6.86. The Balaban J connectivity index is 2.55. The Hall–Kier alpha value is -1.36. The van der Waals surface area contributed by atoms with Crippen LogP contribution in [0.1, 0.15) is 49.7 Å². The Labute approximate surface area is 115 Å². The summed E-state index contributed by atoms with van der Waals surface area (Å²) in [6, 6.07) is 0. The van der Waals surface area contributed by atoms with Crippen LogP contribution in [0.4, 0.5) is 0 Å². The van der Waals surface area contributed by atoms with E-state index in [9.17, 15) is 4.79 Å². The lowest BCUT2D eigenvalue weighted by Gasteiger charge is -2.17. The van der Waals surface area contributed by atoms with Crippen molar-refractivity contribution >= 4 is 5.91 Å². The highest BCUT2D eigenvalue weighted by atomic mass is 16.1. The van der Waals surface area contributed by atoms with Crippen molar-refractivity contribution in [1.29, 1.82) is 0 Å². The third-order valence-corrected chi connectivity index (χ3v) is 3.08. The van der Waals surface area contributed by atoms with E-state index < -0.39 is 0 Å². The summed E-state index contributed by atoms with van der Waals surface area (Å²) in [6.07, 6.45) is 3.46. The lowest BCUT2D eigenvalue weighted by Crippen LogP contribution is -2.27. The van der Waals surface area contributed by atoms with E-state index in [0.29, 0.717) is 18.7 Å². The van der Waals surface area contributed by atoms with Gasteiger partial charge in [-0.05, 0) is 31.7 Å². The monoisotopic (exact) mass is 266 g/mol. The highest BCUT2D eigenvalue weighted by Gasteiger charge is 2.15. The number of nitrogens with one attached hydrogen (secondary N) is 1. The molecular formula is C14H26N4O. The number of carbonyl (C=O) groups excluding carboxylic acids is 1. The van der Waals surface area contributed by atoms with Gasteiger partial charge in [0.25, 0.3) is 5.91 Å². The van der Waals surface area contributed by atoms with Gasteiger partial charge >= 0.3 is 0 Å². The molecule has 0 saturated heterocycles. The number of aromatic nitrogens is 2. The minimum Gasteiger partial charge on any atom is -0.352 e. The molecule has 1 amide bonds. The quantitative estimate of drug-likeness (QED) is 0.823. The van der Waals surface area contributed by atoms with E-state index in [1.165, 1.54) is 0 Å². The molecule has 0 aromatic carbocycles. The fourth-order valence-corrected chi connectivity index (χ4v) is 1.78. The number of rotatable bonds is 6. The van der Waals surface area contributed by atoms with Gasteiger partial charge in [0.1, 0.15) is 0 Å². The number of nitrogens with two attached hydrogens (primary N) is 1. The number of nitrogens with zero attached hydrogens (tertiary/aromatic N) is 2. The molecule has 0 aliphatic rings. The summed E-state index contributed by atoms with van der Waals surface area (Å²) in [5.74, 6) is -0.0410. The van der Waals surface area contributed by atoms with Gasteiger partial charge in [-0.2, -0.15) is 5.10 Å². The fourth-order valence-electron chi connectivity index (χ4n) is 1.78. The van der Waals surface area contributed by atoms with Crippen molar-refractivity contribution in [3.8, 4) is 0 Å². The molecular weight excluding hydrogens is 240 g/mol. The van der Waals surface area contributed by atoms with E-state index in [1.807, 2.05) is 11.6 Å². The molecule has 0 spiro atoms. The maximum Gasteiger partial charge on any atom is 0.254 e. The second kappa shape index (κ2) is 6.70. The number of hydrogen-bond acceptors (Lipinski definition) is 3. The van der Waals surface area contributed by atoms with E-state index in [2.05, 4.69) is 31.2 Å². The number of hydrogen-bond donors (Lipinski definition) is 2. The smallest absolute Gasteiger partial charge is 0.254 e. The maximum absolute atomic E-state index is 12.0. The SMILES string of the molecule is Cc1c(C(=O)NCCC(C)(C)C)cnn1CCCN. The highest BCUT2D eigenvalue weighted by molar-refractivity contribution is 5.94. The lowest BCUT2D eigenvalue weighted by molar-refractivity contribution is 0.0949. The van der Waals surface area contributed by atoms with Crippen LogP contribution in [-0.2, 0) is 6.54 Å². The van der Waals surface area contributed by atoms with Crippen LogP contribution in [0.25, 0.3) is 0 Å². The van der Waals surface area contributed by atoms with Crippen molar-refractivity contribution in [3.05, 3.63) is 17.5 Å². The molecule has 0 atom stereocenters. The van der Waals surface area contributed by atoms with Crippen LogP contribution in [0.5, 0.6) is 0 Å². The van der Waals surface area contributed by atoms with Crippen LogP contribution < -0.4 is 11.1 Å². The highest BCUT2D eigenvalue weighted by Crippen LogP contribution is 2.17. The Morgan fingerprint density at radius 2 is 2.16 bits per heavy atom. The third-order valence-electron chi connectivity index (χ3n) is 3.08. The molecule has 5 heteroatoms. The van der Waals surface area contributed by atoms with E-state index >= 15 is 0 Å². The summed E-state index contributed by atoms with van der Waals surface area (Å²) in [5.41, 5.74) is 7.27. The summed E-state index contributed by atoms with van der Waals surface area (Å²) in [4.78, 5) is 12.0. The molecule has 0 aliphatic heterocycles. The largest absolute Gasteiger partial charge is 0.352 e. The van der Waals surface area contributed by atoms with Crippen LogP contribution in [0.2, 0.25) is 0 Å². The second-order valence-corrected chi connectivity index (χ2v) is 6.08. The number of aryl methyl sites for hydroxylation is 1. The molecule has 0 fully saturated rings. The minimum absolute atomic E-state index is 0.0410. The van der Waals surface area contributed by atoms with Crippen molar-refractivity contribution in [2.75, 3.05) is 13.1 Å². The molecule has 1 aromatic heterocycles. The van der Waals surface area contributed by atoms with Crippen LogP contribution in [0, 0.1) is 12.3 Å². The molecule has 108 valence electrons. The Kier molecular flexibility index (Phi) is 5.54. The molecule has 3 N–H and O–H groups in total. The minimum atomic E-state index is -0.0410. The van der Waals surface area contributed by atoms with Gasteiger partial charge in [0.15, 0.2) is 0 Å². The second-order valence-electron chi connectivity index (χ2n) is 6.08. The Morgan fingerprint density at radius 3 is 2.74 bits per heavy atom. The molecule has 0 aliphatic carbocycles. The zero-order valence-corrected chi connectivity index (χ0v) is 12.5. The van der Waals surface area contributed by atoms with Crippen LogP contribution in [-0.4, -0.2) is 28.8 Å². The molecule has 0 bridgehead atoms. The third kappa shape index (κ3) is 5.03. The van der Waals surface area contributed by atoms with Gasteiger partial charge < -0.3 is 11.1 Å². The normalized spacial score (nSPS) is 11.6. The van der Waals surface area contributed by atoms with Crippen molar-refractivity contribution in [3.63, 3.8) is 0 Å². The van der Waals surface area contributed by atoms with Crippen molar-refractivity contribution < 1.29 is 4.79 Å². The van der Waals surface area contributed by atoms with Gasteiger partial charge in [0, 0.05) is 18.8 Å². The molecule has 5 nitrogen and oxygen atoms in total. The molecule has 0 unspecified atom stereocenters. The zero-order valence-electron chi connectivity index (χ0n) is 12.5. The average molecular weight is 266 g/mol. The molecule has 19 heavy (non-hydrogen) atoms. The summed E-state index contributed by atoms with van der Waals surface area (Å²) >= 11 is 0. The maximum atomic E-state index is 12.0. The first kappa shape index (κ1) is 15.7. The van der Waals surface area contributed by atoms with E-state index in [4.69, 9.17) is 5.73 Å². The van der Waals surface area contributed by atoms with Gasteiger partial charge in [0.2, 0.25) is 0 Å². The average Bonchev–Trinajstić information content (AvgIpc) is 2.66. The van der Waals surface area contributed by atoms with Crippen LogP contribution in [0.3, 0.4) is 0 Å². The van der Waals surface area contributed by atoms with Gasteiger partial charge in [0.05, 0.1) is 11.8 Å². The van der Waals surface area contributed by atoms with Crippen molar-refractivity contribution in [2.45, 2.75) is 47.1 Å². The van der Waals surface area contributed by atoms with Gasteiger partial charge in [-0.15, -0.1) is 0 Å². The topological polar surface area (TPSA) is 72.9 Å². The summed E-state index contributed by atoms with van der Waals surface area (Å²) in [7, 11) is 0. The molecule has 1 rings (SSSR count). The zero-order chi connectivity index (χ0) is 14.5. The predicted octanol–water partition coefficient (Wildman–Crippen LogP) is 1.71. The molecule has 0 saturated carbocycles. The van der Waals surface area contributed by atoms with Crippen molar-refractivity contribution in [2.24, 2.45) is 11.1 Å². The summed E-state index contributed by atoms with van der Waals surface area (Å²) in [5, 5.41) is 7.18. The lowest BCUT2D eigenvalue weighted by atomic mass is 9.92. The Bertz CT molecular complexity index is 418. The Morgan fingerprint density at radius 1 is 1.47 bits per heavy atom. The van der Waals surface area contributed by atoms with Crippen LogP contribution in [0.15, 0.2) is 6.20 Å². The molecule has 0 radical (unpaired) electrons.